The van der Waals surface area contributed by atoms with Crippen molar-refractivity contribution >= 4 is 17.7 Å². The molecule has 0 saturated heterocycles. The Balaban J connectivity index is 2.25. The van der Waals surface area contributed by atoms with Crippen LogP contribution in [0, 0.1) is 0 Å². The van der Waals surface area contributed by atoms with Crippen molar-refractivity contribution in [3.8, 4) is 0 Å². The minimum absolute atomic E-state index is 0.146. The molecule has 0 aliphatic heterocycles. The number of hydrogen-bond acceptors (Lipinski definition) is 3. The van der Waals surface area contributed by atoms with Gasteiger partial charge in [-0.1, -0.05) is 6.92 Å². The summed E-state index contributed by atoms with van der Waals surface area (Å²) >= 11 is 1.53. The van der Waals surface area contributed by atoms with Crippen LogP contribution in [0.15, 0.2) is 0 Å². The van der Waals surface area contributed by atoms with Crippen LogP contribution in [0.25, 0.3) is 0 Å². The fraction of sp³-hybridized carbons (Fsp3) is 0.900. The Bertz CT molecular complexity index is 195. The normalized spacial score (nSPS) is 17.9. The monoisotopic (exact) mass is 217 g/mol. The highest BCUT2D eigenvalue weighted by Crippen LogP contribution is 2.27. The number of aliphatic hydroxyl groups excluding tert-OH is 1. The van der Waals surface area contributed by atoms with Crippen LogP contribution in [0.1, 0.15) is 26.7 Å². The van der Waals surface area contributed by atoms with Crippen molar-refractivity contribution in [2.75, 3.05) is 18.9 Å². The lowest BCUT2D eigenvalue weighted by Crippen LogP contribution is -2.34. The lowest BCUT2D eigenvalue weighted by atomic mass is 10.4. The Morgan fingerprint density at radius 1 is 1.64 bits per heavy atom. The van der Waals surface area contributed by atoms with E-state index in [-0.39, 0.29) is 17.8 Å². The lowest BCUT2D eigenvalue weighted by Gasteiger charge is -2.20. The van der Waals surface area contributed by atoms with Gasteiger partial charge in [0.1, 0.15) is 0 Å². The summed E-state index contributed by atoms with van der Waals surface area (Å²) in [5.41, 5.74) is 0. The molecule has 0 aromatic heterocycles. The van der Waals surface area contributed by atoms with Crippen molar-refractivity contribution in [1.82, 2.24) is 4.90 Å². The number of nitrogens with zero attached hydrogens (tertiary/aromatic N) is 1. The maximum atomic E-state index is 11.7. The zero-order valence-corrected chi connectivity index (χ0v) is 9.72. The Hall–Kier alpha value is -0.220. The van der Waals surface area contributed by atoms with Gasteiger partial charge in [0.25, 0.3) is 0 Å². The fourth-order valence-corrected chi connectivity index (χ4v) is 2.07. The molecule has 0 radical (unpaired) electrons. The highest BCUT2D eigenvalue weighted by Gasteiger charge is 2.31. The summed E-state index contributed by atoms with van der Waals surface area (Å²) < 4.78 is 0. The second kappa shape index (κ2) is 5.61. The van der Waals surface area contributed by atoms with Crippen LogP contribution in [0.5, 0.6) is 0 Å². The first-order chi connectivity index (χ1) is 6.69. The number of carbonyl (C=O) groups excluding carboxylic acids is 1. The Kier molecular flexibility index (Phi) is 4.75. The molecule has 0 aromatic carbocycles. The maximum Gasteiger partial charge on any atom is 0.232 e. The quantitative estimate of drug-likeness (QED) is 0.724. The Labute approximate surface area is 89.9 Å². The molecule has 0 aromatic rings. The lowest BCUT2D eigenvalue weighted by molar-refractivity contribution is -0.128. The molecule has 1 amide bonds. The van der Waals surface area contributed by atoms with Gasteiger partial charge in [0.05, 0.1) is 12.4 Å². The molecule has 1 aliphatic rings. The van der Waals surface area contributed by atoms with Crippen molar-refractivity contribution in [3.63, 3.8) is 0 Å². The minimum atomic E-state index is 0.146. The van der Waals surface area contributed by atoms with E-state index in [1.54, 1.807) is 0 Å². The smallest absolute Gasteiger partial charge is 0.232 e. The summed E-state index contributed by atoms with van der Waals surface area (Å²) in [7, 11) is 0. The molecule has 1 unspecified atom stereocenters. The molecular weight excluding hydrogens is 198 g/mol. The van der Waals surface area contributed by atoms with E-state index in [0.29, 0.717) is 11.8 Å². The van der Waals surface area contributed by atoms with Gasteiger partial charge < -0.3 is 10.0 Å². The second-order valence-corrected chi connectivity index (χ2v) is 5.14. The first-order valence-electron chi connectivity index (χ1n) is 5.21. The zero-order chi connectivity index (χ0) is 10.6. The standard InChI is InChI=1S/C10H19NO2S/c1-3-11(9-4-5-9)10(13)7-14-8(2)6-12/h8-9,12H,3-7H2,1-2H3. The highest BCUT2D eigenvalue weighted by atomic mass is 32.2. The van der Waals surface area contributed by atoms with Gasteiger partial charge >= 0.3 is 0 Å². The summed E-state index contributed by atoms with van der Waals surface area (Å²) in [6.45, 7) is 4.92. The predicted octanol–water partition coefficient (Wildman–Crippen LogP) is 1.11. The number of carbonyl (C=O) groups is 1. The number of rotatable bonds is 6. The molecule has 1 aliphatic carbocycles. The molecule has 3 nitrogen and oxygen atoms in total. The Morgan fingerprint density at radius 2 is 2.29 bits per heavy atom. The average molecular weight is 217 g/mol. The summed E-state index contributed by atoms with van der Waals surface area (Å²) in [6.07, 6.45) is 2.33. The van der Waals surface area contributed by atoms with E-state index in [1.165, 1.54) is 24.6 Å². The van der Waals surface area contributed by atoms with Crippen LogP contribution in [-0.4, -0.2) is 46.1 Å². The third-order valence-corrected chi connectivity index (χ3v) is 3.53. The molecular formula is C10H19NO2S. The van der Waals surface area contributed by atoms with Crippen LogP contribution in [0.2, 0.25) is 0 Å². The SMILES string of the molecule is CCN(C(=O)CSC(C)CO)C1CC1. The van der Waals surface area contributed by atoms with Crippen LogP contribution in [0.4, 0.5) is 0 Å². The van der Waals surface area contributed by atoms with Crippen LogP contribution < -0.4 is 0 Å². The van der Waals surface area contributed by atoms with Gasteiger partial charge in [0, 0.05) is 17.8 Å². The molecule has 0 heterocycles. The number of hydrogen-bond donors (Lipinski definition) is 1. The van der Waals surface area contributed by atoms with Gasteiger partial charge in [-0.15, -0.1) is 11.8 Å². The molecule has 82 valence electrons. The zero-order valence-electron chi connectivity index (χ0n) is 8.90. The van der Waals surface area contributed by atoms with Crippen LogP contribution in [0.3, 0.4) is 0 Å². The second-order valence-electron chi connectivity index (χ2n) is 3.72. The van der Waals surface area contributed by atoms with E-state index in [9.17, 15) is 4.79 Å². The Morgan fingerprint density at radius 3 is 2.71 bits per heavy atom. The topological polar surface area (TPSA) is 40.5 Å². The summed E-state index contributed by atoms with van der Waals surface area (Å²) in [4.78, 5) is 13.7. The van der Waals surface area contributed by atoms with Crippen molar-refractivity contribution in [3.05, 3.63) is 0 Å². The fourth-order valence-electron chi connectivity index (χ4n) is 1.37. The van der Waals surface area contributed by atoms with E-state index in [1.807, 2.05) is 18.7 Å². The van der Waals surface area contributed by atoms with Crippen molar-refractivity contribution in [1.29, 1.82) is 0 Å². The average Bonchev–Trinajstić information content (AvgIpc) is 2.99. The first kappa shape index (κ1) is 11.9. The maximum absolute atomic E-state index is 11.7. The third-order valence-electron chi connectivity index (χ3n) is 2.40. The van der Waals surface area contributed by atoms with E-state index in [4.69, 9.17) is 5.11 Å². The van der Waals surface area contributed by atoms with E-state index < -0.39 is 0 Å². The minimum Gasteiger partial charge on any atom is -0.395 e. The van der Waals surface area contributed by atoms with Crippen molar-refractivity contribution in [2.45, 2.75) is 38.0 Å². The van der Waals surface area contributed by atoms with Crippen molar-refractivity contribution in [2.24, 2.45) is 0 Å². The third kappa shape index (κ3) is 3.50. The van der Waals surface area contributed by atoms with Gasteiger partial charge in [0.2, 0.25) is 5.91 Å². The summed E-state index contributed by atoms with van der Waals surface area (Å²) in [5.74, 6) is 0.729. The predicted molar refractivity (Wildman–Crippen MR) is 59.4 cm³/mol. The number of aliphatic hydroxyl groups is 1. The summed E-state index contributed by atoms with van der Waals surface area (Å²) in [6, 6.07) is 0.512. The van der Waals surface area contributed by atoms with E-state index in [0.717, 1.165) is 6.54 Å². The van der Waals surface area contributed by atoms with Crippen LogP contribution in [-0.2, 0) is 4.79 Å². The van der Waals surface area contributed by atoms with Gasteiger partial charge in [-0.05, 0) is 19.8 Å². The van der Waals surface area contributed by atoms with Crippen molar-refractivity contribution < 1.29 is 9.90 Å². The molecule has 0 bridgehead atoms. The van der Waals surface area contributed by atoms with Gasteiger partial charge in [-0.3, -0.25) is 4.79 Å². The molecule has 1 saturated carbocycles. The van der Waals surface area contributed by atoms with Gasteiger partial charge in [-0.25, -0.2) is 0 Å². The van der Waals surface area contributed by atoms with Gasteiger partial charge in [0.15, 0.2) is 0 Å². The molecule has 1 N–H and O–H groups in total. The summed E-state index contributed by atoms with van der Waals surface area (Å²) in [5, 5.41) is 8.98. The highest BCUT2D eigenvalue weighted by molar-refractivity contribution is 8.00. The van der Waals surface area contributed by atoms with E-state index in [2.05, 4.69) is 0 Å². The molecule has 1 fully saturated rings. The van der Waals surface area contributed by atoms with E-state index >= 15 is 0 Å². The van der Waals surface area contributed by atoms with Gasteiger partial charge in [-0.2, -0.15) is 0 Å². The molecule has 0 spiro atoms. The molecule has 1 rings (SSSR count). The molecule has 14 heavy (non-hydrogen) atoms. The number of amides is 1. The first-order valence-corrected chi connectivity index (χ1v) is 6.25. The van der Waals surface area contributed by atoms with Crippen LogP contribution >= 0.6 is 11.8 Å². The molecule has 1 atom stereocenters. The molecule has 4 heteroatoms. The largest absolute Gasteiger partial charge is 0.395 e. The number of thioether (sulfide) groups is 1.